The molecule has 1 aromatic carbocycles. The van der Waals surface area contributed by atoms with Gasteiger partial charge in [0.25, 0.3) is 0 Å². The summed E-state index contributed by atoms with van der Waals surface area (Å²) in [4.78, 5) is 4.33. The molecule has 0 saturated heterocycles. The van der Waals surface area contributed by atoms with Crippen LogP contribution in [0, 0.1) is 24.7 Å². The van der Waals surface area contributed by atoms with Crippen LogP contribution >= 0.6 is 0 Å². The molecule has 0 N–H and O–H groups in total. The molecule has 3 atom stereocenters. The van der Waals surface area contributed by atoms with Crippen LogP contribution in [0.1, 0.15) is 50.4 Å². The van der Waals surface area contributed by atoms with E-state index in [1.54, 1.807) is 7.11 Å². The average molecular weight is 433 g/mol. The van der Waals surface area contributed by atoms with Crippen LogP contribution in [0.15, 0.2) is 53.8 Å². The summed E-state index contributed by atoms with van der Waals surface area (Å²) in [7, 11) is 3.56. The van der Waals surface area contributed by atoms with Gasteiger partial charge in [0.2, 0.25) is 0 Å². The van der Waals surface area contributed by atoms with Gasteiger partial charge in [-0.2, -0.15) is 0 Å². The quantitative estimate of drug-likeness (QED) is 0.366. The van der Waals surface area contributed by atoms with Gasteiger partial charge >= 0.3 is 0 Å². The molecule has 0 spiro atoms. The van der Waals surface area contributed by atoms with Crippen molar-refractivity contribution in [2.75, 3.05) is 14.2 Å². The minimum Gasteiger partial charge on any atom is -0.496 e. The second-order valence-electron chi connectivity index (χ2n) is 8.81. The Kier molecular flexibility index (Phi) is 8.20. The molecule has 3 aromatic rings. The van der Waals surface area contributed by atoms with Crippen molar-refractivity contribution in [3.8, 4) is 5.75 Å². The van der Waals surface area contributed by atoms with E-state index in [-0.39, 0.29) is 0 Å². The zero-order chi connectivity index (χ0) is 23.1. The van der Waals surface area contributed by atoms with E-state index in [9.17, 15) is 0 Å². The number of pyridine rings is 1. The van der Waals surface area contributed by atoms with Crippen molar-refractivity contribution in [1.29, 1.82) is 0 Å². The zero-order valence-electron chi connectivity index (χ0n) is 20.2. The summed E-state index contributed by atoms with van der Waals surface area (Å²) in [6.45, 7) is 9.05. The van der Waals surface area contributed by atoms with Crippen molar-refractivity contribution in [3.05, 3.63) is 65.6 Å². The lowest BCUT2D eigenvalue weighted by atomic mass is 9.81. The Morgan fingerprint density at radius 3 is 2.69 bits per heavy atom. The number of para-hydroxylation sites is 1. The number of aliphatic imine (C=N–C) groups is 1. The maximum Gasteiger partial charge on any atom is 0.160 e. The van der Waals surface area contributed by atoms with Gasteiger partial charge in [-0.15, -0.1) is 10.2 Å². The van der Waals surface area contributed by atoms with Crippen molar-refractivity contribution in [3.63, 3.8) is 0 Å². The first-order chi connectivity index (χ1) is 15.5. The molecule has 0 fully saturated rings. The van der Waals surface area contributed by atoms with Gasteiger partial charge in [-0.25, -0.2) is 0 Å². The molecule has 3 unspecified atom stereocenters. The Balaban J connectivity index is 1.79. The van der Waals surface area contributed by atoms with Gasteiger partial charge in [0.15, 0.2) is 5.65 Å². The molecule has 2 aromatic heterocycles. The molecule has 0 bridgehead atoms. The minimum absolute atomic E-state index is 0.423. The van der Waals surface area contributed by atoms with Gasteiger partial charge in [0.05, 0.1) is 7.11 Å². The maximum atomic E-state index is 5.72. The number of rotatable bonds is 10. The number of fused-ring (bicyclic) bond motifs is 1. The van der Waals surface area contributed by atoms with Crippen LogP contribution in [0.3, 0.4) is 0 Å². The number of allylic oxidation sites excluding steroid dienone is 2. The Morgan fingerprint density at radius 2 is 1.97 bits per heavy atom. The van der Waals surface area contributed by atoms with Crippen molar-refractivity contribution < 1.29 is 4.74 Å². The summed E-state index contributed by atoms with van der Waals surface area (Å²) in [6, 6.07) is 12.5. The van der Waals surface area contributed by atoms with Crippen LogP contribution in [0.25, 0.3) is 11.2 Å². The smallest absolute Gasteiger partial charge is 0.160 e. The zero-order valence-corrected chi connectivity index (χ0v) is 20.2. The Morgan fingerprint density at radius 1 is 1.19 bits per heavy atom. The largest absolute Gasteiger partial charge is 0.496 e. The minimum atomic E-state index is 0.423. The number of hydrogen-bond acceptors (Lipinski definition) is 4. The molecule has 2 heterocycles. The van der Waals surface area contributed by atoms with Gasteiger partial charge in [0, 0.05) is 24.5 Å². The lowest BCUT2D eigenvalue weighted by Crippen LogP contribution is -2.16. The first-order valence-corrected chi connectivity index (χ1v) is 11.5. The predicted molar refractivity (Wildman–Crippen MR) is 134 cm³/mol. The van der Waals surface area contributed by atoms with E-state index < -0.39 is 0 Å². The molecule has 0 aliphatic rings. The van der Waals surface area contributed by atoms with Crippen LogP contribution in [-0.2, 0) is 6.42 Å². The molecule has 32 heavy (non-hydrogen) atoms. The number of aryl methyl sites for hydroxylation is 1. The summed E-state index contributed by atoms with van der Waals surface area (Å²) in [6.07, 6.45) is 9.44. The molecule has 0 aliphatic carbocycles. The first-order valence-electron chi connectivity index (χ1n) is 11.5. The van der Waals surface area contributed by atoms with Crippen LogP contribution in [0.5, 0.6) is 5.75 Å². The molecular formula is C27H36N4O. The third-order valence-electron chi connectivity index (χ3n) is 6.39. The van der Waals surface area contributed by atoms with Crippen molar-refractivity contribution in [2.45, 2.75) is 47.0 Å². The Hall–Kier alpha value is -2.95. The number of ether oxygens (including phenoxy) is 1. The van der Waals surface area contributed by atoms with Crippen molar-refractivity contribution in [2.24, 2.45) is 22.7 Å². The van der Waals surface area contributed by atoms with Crippen LogP contribution < -0.4 is 4.74 Å². The number of hydrogen-bond donors (Lipinski definition) is 0. The lowest BCUT2D eigenvalue weighted by molar-refractivity contribution is 0.318. The second-order valence-corrected chi connectivity index (χ2v) is 8.81. The molecule has 5 nitrogen and oxygen atoms in total. The topological polar surface area (TPSA) is 51.8 Å². The number of benzene rings is 1. The van der Waals surface area contributed by atoms with Crippen LogP contribution in [-0.4, -0.2) is 35.0 Å². The summed E-state index contributed by atoms with van der Waals surface area (Å²) < 4.78 is 7.81. The molecular weight excluding hydrogens is 396 g/mol. The fraction of sp³-hybridized carbons (Fsp3) is 0.444. The highest BCUT2D eigenvalue weighted by Crippen LogP contribution is 2.33. The highest BCUT2D eigenvalue weighted by Gasteiger charge is 2.20. The number of aromatic nitrogens is 3. The third-order valence-corrected chi connectivity index (χ3v) is 6.39. The van der Waals surface area contributed by atoms with Gasteiger partial charge in [-0.1, -0.05) is 57.5 Å². The molecule has 0 aliphatic heterocycles. The third kappa shape index (κ3) is 5.45. The lowest BCUT2D eigenvalue weighted by Gasteiger charge is -2.25. The number of methoxy groups -OCH3 is 1. The standard InChI is InChI=1S/C27H36N4O/c1-7-22(14-19(2)15-24-11-9-13-26-30-29-18-31(24)26)21(4)16-23(17-28-5)25-12-8-10-20(3)27(25)32-6/h8-13,16-19,21-22H,7,14-15H2,1-6H3/b23-16+,28-17?. The predicted octanol–water partition coefficient (Wildman–Crippen LogP) is 6.06. The Labute approximate surface area is 192 Å². The monoisotopic (exact) mass is 432 g/mol. The van der Waals surface area contributed by atoms with Gasteiger partial charge < -0.3 is 4.74 Å². The molecule has 170 valence electrons. The SMILES string of the molecule is CCC(CC(C)Cc1cccc2nncn12)C(C)/C=C(\C=NC)c1cccc(C)c1OC. The van der Waals surface area contributed by atoms with Crippen LogP contribution in [0.2, 0.25) is 0 Å². The van der Waals surface area contributed by atoms with Crippen molar-refractivity contribution in [1.82, 2.24) is 14.6 Å². The van der Waals surface area contributed by atoms with E-state index in [2.05, 4.69) is 83.7 Å². The average Bonchev–Trinajstić information content (AvgIpc) is 3.27. The van der Waals surface area contributed by atoms with E-state index in [0.29, 0.717) is 17.8 Å². The fourth-order valence-electron chi connectivity index (χ4n) is 4.69. The van der Waals surface area contributed by atoms with E-state index in [4.69, 9.17) is 4.74 Å². The highest BCUT2D eigenvalue weighted by molar-refractivity contribution is 6.11. The summed E-state index contributed by atoms with van der Waals surface area (Å²) >= 11 is 0. The van der Waals surface area contributed by atoms with Crippen LogP contribution in [0.4, 0.5) is 0 Å². The summed E-state index contributed by atoms with van der Waals surface area (Å²) in [5.74, 6) is 2.49. The van der Waals surface area contributed by atoms with E-state index >= 15 is 0 Å². The summed E-state index contributed by atoms with van der Waals surface area (Å²) in [5, 5.41) is 8.23. The normalized spacial score (nSPS) is 15.2. The second kappa shape index (κ2) is 11.1. The van der Waals surface area contributed by atoms with E-state index in [1.165, 1.54) is 5.69 Å². The number of nitrogens with zero attached hydrogens (tertiary/aromatic N) is 4. The van der Waals surface area contributed by atoms with Gasteiger partial charge in [-0.05, 0) is 60.8 Å². The highest BCUT2D eigenvalue weighted by atomic mass is 16.5. The van der Waals surface area contributed by atoms with Gasteiger partial charge in [-0.3, -0.25) is 9.39 Å². The summed E-state index contributed by atoms with van der Waals surface area (Å²) in [5.41, 5.74) is 5.54. The van der Waals surface area contributed by atoms with E-state index in [0.717, 1.165) is 47.4 Å². The van der Waals surface area contributed by atoms with Crippen molar-refractivity contribution >= 4 is 17.4 Å². The maximum absolute atomic E-state index is 5.72. The molecule has 0 amide bonds. The van der Waals surface area contributed by atoms with E-state index in [1.807, 2.05) is 25.7 Å². The Bertz CT molecular complexity index is 1080. The molecule has 0 saturated carbocycles. The molecule has 0 radical (unpaired) electrons. The molecule has 5 heteroatoms. The van der Waals surface area contributed by atoms with Gasteiger partial charge in [0.1, 0.15) is 12.1 Å². The first kappa shape index (κ1) is 23.7. The molecule has 3 rings (SSSR count). The fourth-order valence-corrected chi connectivity index (χ4v) is 4.69.